The number of rotatable bonds is 1. The van der Waals surface area contributed by atoms with Crippen molar-refractivity contribution in [2.45, 2.75) is 45.8 Å². The lowest BCUT2D eigenvalue weighted by Crippen LogP contribution is -2.49. The Morgan fingerprint density at radius 1 is 1.30 bits per heavy atom. The molecule has 1 aromatic carbocycles. The third kappa shape index (κ3) is 2.45. The second kappa shape index (κ2) is 5.38. The summed E-state index contributed by atoms with van der Waals surface area (Å²) in [6.07, 6.45) is 2.10. The van der Waals surface area contributed by atoms with Crippen molar-refractivity contribution in [1.82, 2.24) is 4.90 Å². The number of aliphatic hydroxyl groups is 1. The third-order valence-corrected chi connectivity index (χ3v) is 4.69. The van der Waals surface area contributed by atoms with Crippen molar-refractivity contribution >= 4 is 0 Å². The molecular formula is C17H25NO2. The van der Waals surface area contributed by atoms with E-state index in [0.717, 1.165) is 35.9 Å². The van der Waals surface area contributed by atoms with Gasteiger partial charge in [0.05, 0.1) is 6.04 Å². The number of piperidine rings is 1. The lowest BCUT2D eigenvalue weighted by Gasteiger charge is -2.42. The van der Waals surface area contributed by atoms with E-state index in [2.05, 4.69) is 37.8 Å². The highest BCUT2D eigenvalue weighted by Crippen LogP contribution is 2.38. The molecule has 3 unspecified atom stereocenters. The Balaban J connectivity index is 1.86. The molecule has 3 heteroatoms. The summed E-state index contributed by atoms with van der Waals surface area (Å²) in [7, 11) is 0. The van der Waals surface area contributed by atoms with Crippen molar-refractivity contribution in [3.05, 3.63) is 28.8 Å². The van der Waals surface area contributed by atoms with Gasteiger partial charge in [-0.2, -0.15) is 0 Å². The predicted octanol–water partition coefficient (Wildman–Crippen LogP) is 2.83. The Labute approximate surface area is 121 Å². The molecule has 0 spiro atoms. The van der Waals surface area contributed by atoms with Crippen LogP contribution in [0.15, 0.2) is 12.1 Å². The van der Waals surface area contributed by atoms with E-state index >= 15 is 0 Å². The van der Waals surface area contributed by atoms with Crippen molar-refractivity contribution < 1.29 is 9.84 Å². The second-order valence-electron chi connectivity index (χ2n) is 6.57. The fourth-order valence-corrected chi connectivity index (χ4v) is 3.70. The van der Waals surface area contributed by atoms with Crippen LogP contribution in [0.4, 0.5) is 0 Å². The van der Waals surface area contributed by atoms with Crippen LogP contribution in [0.3, 0.4) is 0 Å². The van der Waals surface area contributed by atoms with Gasteiger partial charge in [0.1, 0.15) is 18.5 Å². The molecule has 3 nitrogen and oxygen atoms in total. The normalized spacial score (nSPS) is 30.7. The highest BCUT2D eigenvalue weighted by atomic mass is 16.5. The maximum Gasteiger partial charge on any atom is 0.128 e. The van der Waals surface area contributed by atoms with Gasteiger partial charge in [-0.15, -0.1) is 0 Å². The maximum atomic E-state index is 10.8. The van der Waals surface area contributed by atoms with Gasteiger partial charge in [-0.05, 0) is 50.8 Å². The molecule has 1 N–H and O–H groups in total. The highest BCUT2D eigenvalue weighted by molar-refractivity contribution is 5.46. The van der Waals surface area contributed by atoms with Crippen molar-refractivity contribution in [3.8, 4) is 5.75 Å². The molecule has 3 rings (SSSR count). The summed E-state index contributed by atoms with van der Waals surface area (Å²) in [5, 5.41) is 10.8. The molecule has 1 saturated heterocycles. The van der Waals surface area contributed by atoms with E-state index in [-0.39, 0.29) is 6.04 Å². The number of aryl methyl sites for hydroxylation is 2. The van der Waals surface area contributed by atoms with E-state index in [9.17, 15) is 5.11 Å². The van der Waals surface area contributed by atoms with E-state index < -0.39 is 6.10 Å². The van der Waals surface area contributed by atoms with Crippen LogP contribution in [-0.2, 0) is 0 Å². The first kappa shape index (κ1) is 13.9. The summed E-state index contributed by atoms with van der Waals surface area (Å²) in [6, 6.07) is 4.30. The molecular weight excluding hydrogens is 250 g/mol. The first-order chi connectivity index (χ1) is 9.56. The minimum Gasteiger partial charge on any atom is -0.491 e. The quantitative estimate of drug-likeness (QED) is 0.855. The van der Waals surface area contributed by atoms with Gasteiger partial charge in [0.2, 0.25) is 0 Å². The number of likely N-dealkylation sites (tertiary alicyclic amines) is 1. The zero-order valence-electron chi connectivity index (χ0n) is 12.7. The standard InChI is InChI=1S/C17H25NO2/c1-11-5-4-6-18(9-11)15-10-20-17-13(3)7-12(2)8-14(17)16(15)19/h7-8,11,15-16,19H,4-6,9-10H2,1-3H3. The molecule has 1 fully saturated rings. The largest absolute Gasteiger partial charge is 0.491 e. The summed E-state index contributed by atoms with van der Waals surface area (Å²) in [6.45, 7) is 9.18. The van der Waals surface area contributed by atoms with E-state index in [1.54, 1.807) is 0 Å². The molecule has 20 heavy (non-hydrogen) atoms. The average Bonchev–Trinajstić information content (AvgIpc) is 2.40. The zero-order chi connectivity index (χ0) is 14.3. The van der Waals surface area contributed by atoms with Crippen LogP contribution in [0.2, 0.25) is 0 Å². The van der Waals surface area contributed by atoms with Gasteiger partial charge in [0.25, 0.3) is 0 Å². The van der Waals surface area contributed by atoms with Gasteiger partial charge < -0.3 is 9.84 Å². The smallest absolute Gasteiger partial charge is 0.128 e. The summed E-state index contributed by atoms with van der Waals surface area (Å²) >= 11 is 0. The molecule has 0 bridgehead atoms. The number of ether oxygens (including phenoxy) is 1. The second-order valence-corrected chi connectivity index (χ2v) is 6.57. The molecule has 0 radical (unpaired) electrons. The van der Waals surface area contributed by atoms with Crippen molar-refractivity contribution in [3.63, 3.8) is 0 Å². The lowest BCUT2D eigenvalue weighted by atomic mass is 9.91. The molecule has 0 saturated carbocycles. The number of benzene rings is 1. The van der Waals surface area contributed by atoms with Crippen LogP contribution in [-0.4, -0.2) is 35.7 Å². The first-order valence-corrected chi connectivity index (χ1v) is 7.72. The molecule has 3 atom stereocenters. The van der Waals surface area contributed by atoms with Gasteiger partial charge >= 0.3 is 0 Å². The SMILES string of the molecule is Cc1cc(C)c2c(c1)C(O)C(N1CCCC(C)C1)CO2. The molecule has 0 aliphatic carbocycles. The topological polar surface area (TPSA) is 32.7 Å². The Hall–Kier alpha value is -1.06. The fraction of sp³-hybridized carbons (Fsp3) is 0.647. The van der Waals surface area contributed by atoms with Crippen molar-refractivity contribution in [2.75, 3.05) is 19.7 Å². The van der Waals surface area contributed by atoms with E-state index in [1.165, 1.54) is 18.4 Å². The molecule has 2 heterocycles. The van der Waals surface area contributed by atoms with Crippen molar-refractivity contribution in [2.24, 2.45) is 5.92 Å². The summed E-state index contributed by atoms with van der Waals surface area (Å²) in [4.78, 5) is 2.42. The van der Waals surface area contributed by atoms with Crippen LogP contribution >= 0.6 is 0 Å². The highest BCUT2D eigenvalue weighted by Gasteiger charge is 2.35. The molecule has 110 valence electrons. The zero-order valence-corrected chi connectivity index (χ0v) is 12.7. The summed E-state index contributed by atoms with van der Waals surface area (Å²) in [5.74, 6) is 1.61. The number of nitrogens with zero attached hydrogens (tertiary/aromatic N) is 1. The minimum absolute atomic E-state index is 0.103. The van der Waals surface area contributed by atoms with E-state index in [0.29, 0.717) is 6.61 Å². The van der Waals surface area contributed by atoms with Crippen LogP contribution in [0.25, 0.3) is 0 Å². The van der Waals surface area contributed by atoms with Gasteiger partial charge in [0.15, 0.2) is 0 Å². The van der Waals surface area contributed by atoms with Crippen LogP contribution in [0.5, 0.6) is 5.75 Å². The monoisotopic (exact) mass is 275 g/mol. The number of hydrogen-bond donors (Lipinski definition) is 1. The van der Waals surface area contributed by atoms with E-state index in [4.69, 9.17) is 4.74 Å². The lowest BCUT2D eigenvalue weighted by molar-refractivity contribution is -0.0129. The van der Waals surface area contributed by atoms with Crippen LogP contribution < -0.4 is 4.74 Å². The summed E-state index contributed by atoms with van der Waals surface area (Å²) in [5.41, 5.74) is 3.29. The van der Waals surface area contributed by atoms with Crippen LogP contribution in [0, 0.1) is 19.8 Å². The maximum absolute atomic E-state index is 10.8. The fourth-order valence-electron chi connectivity index (χ4n) is 3.70. The van der Waals surface area contributed by atoms with Gasteiger partial charge in [-0.1, -0.05) is 18.6 Å². The Bertz CT molecular complexity index is 500. The van der Waals surface area contributed by atoms with Crippen LogP contribution in [0.1, 0.15) is 42.6 Å². The molecule has 0 aromatic heterocycles. The summed E-state index contributed by atoms with van der Waals surface area (Å²) < 4.78 is 5.98. The predicted molar refractivity (Wildman–Crippen MR) is 80.1 cm³/mol. The van der Waals surface area contributed by atoms with Gasteiger partial charge in [-0.25, -0.2) is 0 Å². The molecule has 2 aliphatic heterocycles. The Morgan fingerprint density at radius 3 is 2.85 bits per heavy atom. The van der Waals surface area contributed by atoms with Gasteiger partial charge in [0, 0.05) is 12.1 Å². The average molecular weight is 275 g/mol. The Kier molecular flexibility index (Phi) is 3.74. The third-order valence-electron chi connectivity index (χ3n) is 4.69. The van der Waals surface area contributed by atoms with Crippen molar-refractivity contribution in [1.29, 1.82) is 0 Å². The number of fused-ring (bicyclic) bond motifs is 1. The van der Waals surface area contributed by atoms with E-state index in [1.807, 2.05) is 0 Å². The first-order valence-electron chi connectivity index (χ1n) is 7.72. The number of hydrogen-bond acceptors (Lipinski definition) is 3. The number of aliphatic hydroxyl groups excluding tert-OH is 1. The molecule has 0 amide bonds. The van der Waals surface area contributed by atoms with Gasteiger partial charge in [-0.3, -0.25) is 4.90 Å². The molecule has 2 aliphatic rings. The Morgan fingerprint density at radius 2 is 2.10 bits per heavy atom. The minimum atomic E-state index is -0.428. The molecule has 1 aromatic rings.